The Balaban J connectivity index is 0. The molecule has 0 radical (unpaired) electrons. The number of carbonyl (C=O) groups is 2. The van der Waals surface area contributed by atoms with E-state index in [2.05, 4.69) is 17.2 Å². The zero-order valence-corrected chi connectivity index (χ0v) is 15.8. The van der Waals surface area contributed by atoms with Crippen molar-refractivity contribution >= 4 is 12.0 Å². The lowest BCUT2D eigenvalue weighted by Crippen LogP contribution is -2.32. The molecule has 1 aromatic carbocycles. The summed E-state index contributed by atoms with van der Waals surface area (Å²) < 4.78 is 29.1. The van der Waals surface area contributed by atoms with Crippen molar-refractivity contribution in [2.45, 2.75) is 19.8 Å². The van der Waals surface area contributed by atoms with Crippen LogP contribution in [0.5, 0.6) is 5.75 Å². The minimum Gasteiger partial charge on any atom is -0.491 e. The summed E-state index contributed by atoms with van der Waals surface area (Å²) in [6.45, 7) is 8.73. The number of amides is 2. The maximum atomic E-state index is 13.3. The van der Waals surface area contributed by atoms with Gasteiger partial charge in [-0.05, 0) is 23.6 Å². The molecule has 2 N–H and O–H groups in total. The molecule has 0 fully saturated rings. The molecule has 0 bridgehead atoms. The van der Waals surface area contributed by atoms with E-state index in [0.29, 0.717) is 12.4 Å². The lowest BCUT2D eigenvalue weighted by Gasteiger charge is -2.14. The number of halogens is 1. The minimum absolute atomic E-state index is 0. The van der Waals surface area contributed by atoms with Crippen LogP contribution in [-0.4, -0.2) is 51.5 Å². The number of hydrogen-bond acceptors (Lipinski definition) is 5. The molecule has 1 aromatic rings. The summed E-state index contributed by atoms with van der Waals surface area (Å²) in [4.78, 5) is 22.3. The number of rotatable bonds is 12. The lowest BCUT2D eigenvalue weighted by atomic mass is 10.0. The molecule has 0 unspecified atom stereocenters. The zero-order chi connectivity index (χ0) is 20.1. The van der Waals surface area contributed by atoms with Crippen LogP contribution in [-0.2, 0) is 14.3 Å². The van der Waals surface area contributed by atoms with E-state index in [4.69, 9.17) is 14.2 Å². The minimum atomic E-state index is -0.593. The van der Waals surface area contributed by atoms with Gasteiger partial charge in [0.05, 0.1) is 19.8 Å². The van der Waals surface area contributed by atoms with Crippen molar-refractivity contribution in [3.8, 4) is 5.75 Å². The average Bonchev–Trinajstić information content (AvgIpc) is 2.64. The van der Waals surface area contributed by atoms with Crippen LogP contribution >= 0.6 is 0 Å². The quantitative estimate of drug-likeness (QED) is 0.426. The summed E-state index contributed by atoms with van der Waals surface area (Å²) in [5, 5.41) is 5.00. The SMILES string of the molecule is C=CC(=O)NCCOC(=O)NCCOCCOc1cc(F)ccc1C(C)C.[HH].[HH]. The largest absolute Gasteiger partial charge is 0.491 e. The van der Waals surface area contributed by atoms with Gasteiger partial charge < -0.3 is 24.8 Å². The van der Waals surface area contributed by atoms with E-state index in [9.17, 15) is 14.0 Å². The smallest absolute Gasteiger partial charge is 0.407 e. The van der Waals surface area contributed by atoms with Crippen LogP contribution in [0.3, 0.4) is 0 Å². The number of hydrogen-bond donors (Lipinski definition) is 2. The van der Waals surface area contributed by atoms with Crippen LogP contribution in [0, 0.1) is 5.82 Å². The van der Waals surface area contributed by atoms with Gasteiger partial charge >= 0.3 is 6.09 Å². The molecule has 1 rings (SSSR count). The van der Waals surface area contributed by atoms with Gasteiger partial charge in [-0.15, -0.1) is 0 Å². The Hall–Kier alpha value is -2.61. The van der Waals surface area contributed by atoms with Gasteiger partial charge in [0.1, 0.15) is 24.8 Å². The first kappa shape index (κ1) is 22.4. The zero-order valence-electron chi connectivity index (χ0n) is 15.8. The van der Waals surface area contributed by atoms with Crippen molar-refractivity contribution in [2.75, 3.05) is 39.5 Å². The van der Waals surface area contributed by atoms with E-state index >= 15 is 0 Å². The summed E-state index contributed by atoms with van der Waals surface area (Å²) >= 11 is 0. The van der Waals surface area contributed by atoms with E-state index in [-0.39, 0.29) is 53.4 Å². The van der Waals surface area contributed by atoms with Gasteiger partial charge in [-0.25, -0.2) is 9.18 Å². The first-order valence-electron chi connectivity index (χ1n) is 8.75. The maximum Gasteiger partial charge on any atom is 0.407 e. The van der Waals surface area contributed by atoms with Crippen LogP contribution in [0.15, 0.2) is 30.9 Å². The summed E-state index contributed by atoms with van der Waals surface area (Å²) in [6, 6.07) is 4.50. The molecule has 0 saturated carbocycles. The highest BCUT2D eigenvalue weighted by Gasteiger charge is 2.09. The third kappa shape index (κ3) is 9.60. The molecule has 7 nitrogen and oxygen atoms in total. The first-order valence-corrected chi connectivity index (χ1v) is 8.75. The fraction of sp³-hybridized carbons (Fsp3) is 0.474. The van der Waals surface area contributed by atoms with Crippen LogP contribution in [0.1, 0.15) is 28.2 Å². The molecule has 2 amide bonds. The predicted molar refractivity (Wildman–Crippen MR) is 104 cm³/mol. The van der Waals surface area contributed by atoms with E-state index in [1.165, 1.54) is 12.1 Å². The number of benzene rings is 1. The monoisotopic (exact) mass is 386 g/mol. The normalized spacial score (nSPS) is 10.4. The summed E-state index contributed by atoms with van der Waals surface area (Å²) in [5.41, 5.74) is 0.935. The van der Waals surface area contributed by atoms with Gasteiger partial charge in [0.25, 0.3) is 0 Å². The van der Waals surface area contributed by atoms with Gasteiger partial charge in [0.15, 0.2) is 0 Å². The van der Waals surface area contributed by atoms with Crippen molar-refractivity contribution in [3.05, 3.63) is 42.2 Å². The average molecular weight is 386 g/mol. The van der Waals surface area contributed by atoms with Crippen molar-refractivity contribution in [3.63, 3.8) is 0 Å². The summed E-state index contributed by atoms with van der Waals surface area (Å²) in [6.07, 6.45) is 0.544. The second-order valence-electron chi connectivity index (χ2n) is 5.86. The van der Waals surface area contributed by atoms with Crippen molar-refractivity contribution < 1.29 is 31.0 Å². The molecular weight excluding hydrogens is 355 g/mol. The highest BCUT2D eigenvalue weighted by molar-refractivity contribution is 5.86. The van der Waals surface area contributed by atoms with Gasteiger partial charge in [-0.1, -0.05) is 26.5 Å². The third-order valence-electron chi connectivity index (χ3n) is 3.42. The summed E-state index contributed by atoms with van der Waals surface area (Å²) in [7, 11) is 0. The molecular formula is C19H31FN2O5. The topological polar surface area (TPSA) is 85.9 Å². The molecule has 0 atom stereocenters. The molecule has 27 heavy (non-hydrogen) atoms. The van der Waals surface area contributed by atoms with E-state index in [0.717, 1.165) is 11.6 Å². The Morgan fingerprint density at radius 2 is 1.93 bits per heavy atom. The highest BCUT2D eigenvalue weighted by Crippen LogP contribution is 2.27. The summed E-state index contributed by atoms with van der Waals surface area (Å²) in [5.74, 6) is 0.0659. The molecule has 0 aliphatic carbocycles. The van der Waals surface area contributed by atoms with Crippen LogP contribution in [0.4, 0.5) is 9.18 Å². The Kier molecular flexibility index (Phi) is 10.5. The molecule has 0 aliphatic rings. The van der Waals surface area contributed by atoms with Gasteiger partial charge in [-0.2, -0.15) is 0 Å². The Morgan fingerprint density at radius 1 is 1.19 bits per heavy atom. The molecule has 0 saturated heterocycles. The number of ether oxygens (including phenoxy) is 3. The van der Waals surface area contributed by atoms with E-state index in [1.54, 1.807) is 6.07 Å². The lowest BCUT2D eigenvalue weighted by molar-refractivity contribution is -0.116. The Morgan fingerprint density at radius 3 is 2.63 bits per heavy atom. The molecule has 8 heteroatoms. The fourth-order valence-electron chi connectivity index (χ4n) is 2.09. The van der Waals surface area contributed by atoms with Crippen molar-refractivity contribution in [1.82, 2.24) is 10.6 Å². The number of nitrogens with one attached hydrogen (secondary N) is 2. The first-order chi connectivity index (χ1) is 12.9. The van der Waals surface area contributed by atoms with Gasteiger partial charge in [0.2, 0.25) is 5.91 Å². The van der Waals surface area contributed by atoms with Crippen LogP contribution < -0.4 is 15.4 Å². The van der Waals surface area contributed by atoms with E-state index in [1.807, 2.05) is 13.8 Å². The fourth-order valence-corrected chi connectivity index (χ4v) is 2.09. The van der Waals surface area contributed by atoms with Crippen molar-refractivity contribution in [1.29, 1.82) is 0 Å². The highest BCUT2D eigenvalue weighted by atomic mass is 19.1. The van der Waals surface area contributed by atoms with Crippen LogP contribution in [0.2, 0.25) is 0 Å². The molecule has 0 spiro atoms. The van der Waals surface area contributed by atoms with Gasteiger partial charge in [-0.3, -0.25) is 4.79 Å². The van der Waals surface area contributed by atoms with E-state index < -0.39 is 6.09 Å². The van der Waals surface area contributed by atoms with Gasteiger partial charge in [0, 0.05) is 15.5 Å². The Bertz CT molecular complexity index is 633. The third-order valence-corrected chi connectivity index (χ3v) is 3.42. The predicted octanol–water partition coefficient (Wildman–Crippen LogP) is 2.86. The number of alkyl carbamates (subject to hydrolysis) is 1. The second kappa shape index (κ2) is 12.7. The molecule has 0 aromatic heterocycles. The standard InChI is InChI=1S/C19H27FN2O5.2H2/c1-4-18(23)21-8-10-27-19(24)22-7-9-25-11-12-26-17-13-15(20)5-6-16(17)14(2)3;;/h4-6,13-14H,1,7-12H2,2-3H3,(H,21,23)(H,22,24);2*1H. The van der Waals surface area contributed by atoms with Crippen LogP contribution in [0.25, 0.3) is 0 Å². The maximum absolute atomic E-state index is 13.3. The molecule has 0 aliphatic heterocycles. The molecule has 0 heterocycles. The molecule has 154 valence electrons. The Labute approximate surface area is 161 Å². The second-order valence-corrected chi connectivity index (χ2v) is 5.86. The number of carbonyl (C=O) groups excluding carboxylic acids is 2. The van der Waals surface area contributed by atoms with Crippen molar-refractivity contribution in [2.24, 2.45) is 0 Å².